The lowest BCUT2D eigenvalue weighted by Gasteiger charge is -2.28. The second-order valence-corrected chi connectivity index (χ2v) is 5.88. The minimum atomic E-state index is -5.38. The molecule has 3 nitrogen and oxygen atoms in total. The first-order valence-corrected chi connectivity index (χ1v) is 7.05. The number of hydrogen-bond acceptors (Lipinski definition) is 3. The van der Waals surface area contributed by atoms with E-state index in [1.807, 2.05) is 0 Å². The van der Waals surface area contributed by atoms with Crippen molar-refractivity contribution >= 4 is 5.71 Å². The predicted molar refractivity (Wildman–Crippen MR) is 68.3 cm³/mol. The van der Waals surface area contributed by atoms with Crippen LogP contribution in [0.1, 0.15) is 12.8 Å². The fourth-order valence-electron chi connectivity index (χ4n) is 2.77. The number of nitrogens with two attached hydrogens (primary N) is 1. The van der Waals surface area contributed by atoms with Crippen LogP contribution in [0, 0.1) is 0 Å². The van der Waals surface area contributed by atoms with Crippen LogP contribution < -0.4 is 5.73 Å². The van der Waals surface area contributed by atoms with E-state index in [0.717, 1.165) is 0 Å². The molecule has 0 saturated heterocycles. The van der Waals surface area contributed by atoms with Crippen molar-refractivity contribution in [3.05, 3.63) is 11.3 Å². The van der Waals surface area contributed by atoms with E-state index in [9.17, 15) is 44.6 Å². The fraction of sp³-hybridized carbons (Fsp3) is 0.769. The number of hydrogen-bond donors (Lipinski definition) is 2. The summed E-state index contributed by atoms with van der Waals surface area (Å²) in [7, 11) is 0. The summed E-state index contributed by atoms with van der Waals surface area (Å²) in [5.74, 6) is -4.66. The highest BCUT2D eigenvalue weighted by molar-refractivity contribution is 6.08. The number of halogens is 9. The maximum absolute atomic E-state index is 13.9. The number of allylic oxidation sites excluding steroid dienone is 1. The molecule has 2 saturated carbocycles. The summed E-state index contributed by atoms with van der Waals surface area (Å²) in [6.07, 6.45) is -21.0. The van der Waals surface area contributed by atoms with Gasteiger partial charge in [0.25, 0.3) is 0 Å². The number of aliphatic hydroxyl groups is 1. The summed E-state index contributed by atoms with van der Waals surface area (Å²) in [6, 6.07) is -1.58. The Balaban J connectivity index is 2.49. The maximum atomic E-state index is 13.9. The van der Waals surface area contributed by atoms with Crippen molar-refractivity contribution < 1.29 is 44.6 Å². The van der Waals surface area contributed by atoms with Gasteiger partial charge < -0.3 is 10.8 Å². The Morgan fingerprint density at radius 1 is 1.08 bits per heavy atom. The Bertz CT molecular complexity index is 577. The summed E-state index contributed by atoms with van der Waals surface area (Å²) in [5, 5.41) is 9.35. The molecule has 0 amide bonds. The first-order chi connectivity index (χ1) is 11.3. The van der Waals surface area contributed by atoms with Gasteiger partial charge in [0, 0.05) is 18.4 Å². The Morgan fingerprint density at radius 3 is 2.00 bits per heavy atom. The number of rotatable bonds is 1. The first kappa shape index (κ1) is 19.9. The molecule has 2 aliphatic carbocycles. The minimum Gasteiger partial charge on any atom is -0.394 e. The number of nitrogens with zero attached hydrogens (tertiary/aromatic N) is 1. The van der Waals surface area contributed by atoms with Gasteiger partial charge in [-0.2, -0.15) is 22.0 Å². The van der Waals surface area contributed by atoms with Crippen molar-refractivity contribution in [2.45, 2.75) is 61.8 Å². The summed E-state index contributed by atoms with van der Waals surface area (Å²) in [5.41, 5.74) is -0.697. The zero-order chi connectivity index (χ0) is 19.3. The molecule has 0 aromatic heterocycles. The number of aliphatic imine (C=N–C) groups is 1. The van der Waals surface area contributed by atoms with E-state index in [1.165, 1.54) is 0 Å². The Labute approximate surface area is 135 Å². The molecule has 0 heterocycles. The van der Waals surface area contributed by atoms with E-state index in [-0.39, 0.29) is 0 Å². The number of aliphatic hydroxyl groups excluding tert-OH is 1. The van der Waals surface area contributed by atoms with E-state index in [0.29, 0.717) is 0 Å². The van der Waals surface area contributed by atoms with Gasteiger partial charge in [0.15, 0.2) is 6.17 Å². The molecule has 2 unspecified atom stereocenters. The quantitative estimate of drug-likeness (QED) is 0.684. The fourth-order valence-corrected chi connectivity index (χ4v) is 2.77. The highest BCUT2D eigenvalue weighted by Gasteiger charge is 2.62. The van der Waals surface area contributed by atoms with Gasteiger partial charge in [-0.05, 0) is 0 Å². The lowest BCUT2D eigenvalue weighted by Crippen LogP contribution is -2.40. The van der Waals surface area contributed by atoms with E-state index in [4.69, 9.17) is 5.73 Å². The van der Waals surface area contributed by atoms with Crippen LogP contribution in [0.2, 0.25) is 0 Å². The topological polar surface area (TPSA) is 58.6 Å². The molecule has 2 rings (SSSR count). The molecule has 6 atom stereocenters. The van der Waals surface area contributed by atoms with Crippen LogP contribution in [-0.4, -0.2) is 59.7 Å². The van der Waals surface area contributed by atoms with Gasteiger partial charge in [-0.15, -0.1) is 0 Å². The zero-order valence-electron chi connectivity index (χ0n) is 12.3. The predicted octanol–water partition coefficient (Wildman–Crippen LogP) is 2.73. The van der Waals surface area contributed by atoms with Gasteiger partial charge >= 0.3 is 12.1 Å². The van der Waals surface area contributed by atoms with Gasteiger partial charge in [0.05, 0.1) is 11.8 Å². The molecule has 2 aliphatic rings. The monoisotopic (exact) mass is 384 g/mol. The highest BCUT2D eigenvalue weighted by atomic mass is 19.4. The third-order valence-corrected chi connectivity index (χ3v) is 4.09. The third kappa shape index (κ3) is 3.44. The van der Waals surface area contributed by atoms with E-state index in [2.05, 4.69) is 4.99 Å². The molecule has 0 spiro atoms. The molecule has 0 aliphatic heterocycles. The lowest BCUT2D eigenvalue weighted by atomic mass is 9.91. The molecule has 0 aromatic rings. The summed E-state index contributed by atoms with van der Waals surface area (Å²) >= 11 is 0. The molecule has 0 bridgehead atoms. The standard InChI is InChI=1S/C13H13F9N2O/c14-4-1-3(2-5(15)7(4)16)24-8-6(10(23)13(20,21)22)11(25)12(18,19)9(8)17/h3-5,7,9,11,25H,1-2,23H2/b10-6+,24-8?/t3?,4-,5+,7?,9-,11+/m1/s1. The average Bonchev–Trinajstić information content (AvgIpc) is 2.64. The lowest BCUT2D eigenvalue weighted by molar-refractivity contribution is -0.113. The van der Waals surface area contributed by atoms with Crippen molar-refractivity contribution in [2.24, 2.45) is 10.7 Å². The molecular weight excluding hydrogens is 371 g/mol. The van der Waals surface area contributed by atoms with Gasteiger partial charge in [0.1, 0.15) is 24.1 Å². The zero-order valence-corrected chi connectivity index (χ0v) is 12.3. The van der Waals surface area contributed by atoms with Crippen molar-refractivity contribution in [3.63, 3.8) is 0 Å². The summed E-state index contributed by atoms with van der Waals surface area (Å²) in [6.45, 7) is 0. The average molecular weight is 384 g/mol. The van der Waals surface area contributed by atoms with Crippen LogP contribution in [0.3, 0.4) is 0 Å². The number of alkyl halides is 9. The van der Waals surface area contributed by atoms with E-state index in [1.54, 1.807) is 0 Å². The molecule has 0 radical (unpaired) electrons. The van der Waals surface area contributed by atoms with Crippen molar-refractivity contribution in [1.29, 1.82) is 0 Å². The first-order valence-electron chi connectivity index (χ1n) is 7.05. The third-order valence-electron chi connectivity index (χ3n) is 4.09. The second-order valence-electron chi connectivity index (χ2n) is 5.88. The van der Waals surface area contributed by atoms with Crippen LogP contribution in [0.25, 0.3) is 0 Å². The Kier molecular flexibility index (Phi) is 5.05. The maximum Gasteiger partial charge on any atom is 0.431 e. The molecule has 2 fully saturated rings. The Morgan fingerprint density at radius 2 is 1.56 bits per heavy atom. The summed E-state index contributed by atoms with van der Waals surface area (Å²) in [4.78, 5) is 3.23. The second kappa shape index (κ2) is 6.36. The smallest absolute Gasteiger partial charge is 0.394 e. The molecule has 12 heteroatoms. The van der Waals surface area contributed by atoms with Crippen LogP contribution in [0.5, 0.6) is 0 Å². The van der Waals surface area contributed by atoms with Crippen LogP contribution in [0.15, 0.2) is 16.3 Å². The van der Waals surface area contributed by atoms with Gasteiger partial charge in [-0.1, -0.05) is 0 Å². The van der Waals surface area contributed by atoms with Crippen molar-refractivity contribution in [1.82, 2.24) is 0 Å². The molecule has 144 valence electrons. The summed E-state index contributed by atoms with van der Waals surface area (Å²) < 4.78 is 119. The minimum absolute atomic E-state index is 0.835. The van der Waals surface area contributed by atoms with Crippen LogP contribution >= 0.6 is 0 Å². The van der Waals surface area contributed by atoms with Crippen LogP contribution in [-0.2, 0) is 0 Å². The molecule has 3 N–H and O–H groups in total. The van der Waals surface area contributed by atoms with Gasteiger partial charge in [-0.25, -0.2) is 17.6 Å². The van der Waals surface area contributed by atoms with Crippen molar-refractivity contribution in [3.8, 4) is 0 Å². The van der Waals surface area contributed by atoms with Gasteiger partial charge in [0.2, 0.25) is 6.17 Å². The SMILES string of the molecule is N/C(=C1\C(=NC2C[C@@H](F)C(F)[C@@H](F)C2)[C@@H](F)C(F)(F)[C@H]1O)C(F)(F)F. The van der Waals surface area contributed by atoms with Crippen LogP contribution in [0.4, 0.5) is 39.5 Å². The Hall–Kier alpha value is -1.46. The molecule has 25 heavy (non-hydrogen) atoms. The van der Waals surface area contributed by atoms with Gasteiger partial charge in [-0.3, -0.25) is 4.99 Å². The van der Waals surface area contributed by atoms with Crippen molar-refractivity contribution in [2.75, 3.05) is 0 Å². The van der Waals surface area contributed by atoms with E-state index < -0.39 is 78.8 Å². The largest absolute Gasteiger partial charge is 0.431 e. The molecular formula is C13H13F9N2O. The normalized spacial score (nSPS) is 42.7. The highest BCUT2D eigenvalue weighted by Crippen LogP contribution is 2.43. The molecule has 0 aromatic carbocycles. The van der Waals surface area contributed by atoms with E-state index >= 15 is 0 Å².